The van der Waals surface area contributed by atoms with Crippen LogP contribution in [0.1, 0.15) is 22.7 Å². The number of carbonyl (C=O) groups excluding carboxylic acids is 2. The summed E-state index contributed by atoms with van der Waals surface area (Å²) in [5.41, 5.74) is 2.44. The van der Waals surface area contributed by atoms with E-state index in [9.17, 15) is 14.7 Å². The number of aryl methyl sites for hydroxylation is 1. The lowest BCUT2D eigenvalue weighted by atomic mass is 9.96. The van der Waals surface area contributed by atoms with Gasteiger partial charge in [0.05, 0.1) is 11.6 Å². The lowest BCUT2D eigenvalue weighted by Gasteiger charge is -2.25. The van der Waals surface area contributed by atoms with Crippen LogP contribution in [0, 0.1) is 6.92 Å². The zero-order chi connectivity index (χ0) is 21.4. The number of anilines is 1. The SMILES string of the molecule is Cc1ccc(N2C(=O)C(=O)/C(=C(/O)c3ccc(Br)cc3)C2c2ccncc2)cc1Cl. The summed E-state index contributed by atoms with van der Waals surface area (Å²) in [6.07, 6.45) is 3.16. The Labute approximate surface area is 186 Å². The minimum atomic E-state index is -0.810. The average Bonchev–Trinajstić information content (AvgIpc) is 3.01. The molecule has 1 atom stereocenters. The minimum Gasteiger partial charge on any atom is -0.507 e. The summed E-state index contributed by atoms with van der Waals surface area (Å²) >= 11 is 9.64. The maximum Gasteiger partial charge on any atom is 0.300 e. The molecule has 1 amide bonds. The van der Waals surface area contributed by atoms with E-state index >= 15 is 0 Å². The summed E-state index contributed by atoms with van der Waals surface area (Å²) in [6, 6.07) is 14.7. The third kappa shape index (κ3) is 3.53. The zero-order valence-corrected chi connectivity index (χ0v) is 18.2. The fraction of sp³-hybridized carbons (Fsp3) is 0.0870. The number of aliphatic hydroxyl groups is 1. The number of halogens is 2. The van der Waals surface area contributed by atoms with Crippen LogP contribution in [0.25, 0.3) is 5.76 Å². The molecule has 0 radical (unpaired) electrons. The van der Waals surface area contributed by atoms with Crippen molar-refractivity contribution in [3.8, 4) is 0 Å². The molecule has 150 valence electrons. The molecule has 2 heterocycles. The van der Waals surface area contributed by atoms with Crippen LogP contribution in [-0.4, -0.2) is 21.8 Å². The highest BCUT2D eigenvalue weighted by molar-refractivity contribution is 9.10. The number of Topliss-reactive ketones (excluding diaryl/α,β-unsaturated/α-hetero) is 1. The number of aromatic nitrogens is 1. The third-order valence-corrected chi connectivity index (χ3v) is 5.95. The van der Waals surface area contributed by atoms with E-state index in [1.165, 1.54) is 4.90 Å². The summed E-state index contributed by atoms with van der Waals surface area (Å²) in [7, 11) is 0. The van der Waals surface area contributed by atoms with Gasteiger partial charge < -0.3 is 5.11 Å². The summed E-state index contributed by atoms with van der Waals surface area (Å²) in [6.45, 7) is 1.86. The molecule has 1 aliphatic heterocycles. The van der Waals surface area contributed by atoms with E-state index in [0.29, 0.717) is 21.8 Å². The number of hydrogen-bond donors (Lipinski definition) is 1. The highest BCUT2D eigenvalue weighted by Crippen LogP contribution is 2.42. The molecule has 7 heteroatoms. The Balaban J connectivity index is 1.94. The molecule has 5 nitrogen and oxygen atoms in total. The van der Waals surface area contributed by atoms with Crippen LogP contribution in [0.4, 0.5) is 5.69 Å². The predicted octanol–water partition coefficient (Wildman–Crippen LogP) is 5.43. The molecule has 0 bridgehead atoms. The van der Waals surface area contributed by atoms with Crippen LogP contribution in [0.15, 0.2) is 77.0 Å². The van der Waals surface area contributed by atoms with Gasteiger partial charge in [-0.1, -0.05) is 45.7 Å². The topological polar surface area (TPSA) is 70.5 Å². The van der Waals surface area contributed by atoms with Gasteiger partial charge in [-0.15, -0.1) is 0 Å². The second-order valence-corrected chi connectivity index (χ2v) is 8.21. The van der Waals surface area contributed by atoms with Crippen molar-refractivity contribution < 1.29 is 14.7 Å². The monoisotopic (exact) mass is 482 g/mol. The van der Waals surface area contributed by atoms with Crippen LogP contribution in [-0.2, 0) is 9.59 Å². The summed E-state index contributed by atoms with van der Waals surface area (Å²) in [5, 5.41) is 11.5. The summed E-state index contributed by atoms with van der Waals surface area (Å²) < 4.78 is 0.833. The Morgan fingerprint density at radius 3 is 2.37 bits per heavy atom. The predicted molar refractivity (Wildman–Crippen MR) is 119 cm³/mol. The van der Waals surface area contributed by atoms with Crippen molar-refractivity contribution in [2.75, 3.05) is 4.90 Å². The Hall–Kier alpha value is -2.96. The average molecular weight is 484 g/mol. The van der Waals surface area contributed by atoms with Gasteiger partial charge in [-0.05, 0) is 54.4 Å². The van der Waals surface area contributed by atoms with E-state index in [1.807, 2.05) is 6.92 Å². The van der Waals surface area contributed by atoms with E-state index < -0.39 is 17.7 Å². The van der Waals surface area contributed by atoms with Crippen molar-refractivity contribution in [2.45, 2.75) is 13.0 Å². The van der Waals surface area contributed by atoms with Crippen LogP contribution < -0.4 is 4.90 Å². The van der Waals surface area contributed by atoms with E-state index in [1.54, 1.807) is 67.0 Å². The van der Waals surface area contributed by atoms with Crippen molar-refractivity contribution in [3.63, 3.8) is 0 Å². The molecular weight excluding hydrogens is 468 g/mol. The number of carbonyl (C=O) groups is 2. The van der Waals surface area contributed by atoms with Crippen LogP contribution >= 0.6 is 27.5 Å². The Kier molecular flexibility index (Phi) is 5.45. The first-order chi connectivity index (χ1) is 14.4. The lowest BCUT2D eigenvalue weighted by molar-refractivity contribution is -0.132. The molecule has 1 unspecified atom stereocenters. The van der Waals surface area contributed by atoms with Gasteiger partial charge in [0.25, 0.3) is 11.7 Å². The molecule has 1 saturated heterocycles. The van der Waals surface area contributed by atoms with Gasteiger partial charge in [0.15, 0.2) is 0 Å². The van der Waals surface area contributed by atoms with E-state index in [4.69, 9.17) is 11.6 Å². The molecule has 1 aliphatic rings. The number of benzene rings is 2. The van der Waals surface area contributed by atoms with Gasteiger partial charge in [-0.25, -0.2) is 0 Å². The molecular formula is C23H16BrClN2O3. The van der Waals surface area contributed by atoms with Gasteiger partial charge in [0.1, 0.15) is 5.76 Å². The standard InChI is InChI=1S/C23H16BrClN2O3/c1-13-2-7-17(12-18(13)25)27-20(14-8-10-26-11-9-14)19(22(29)23(27)30)21(28)15-3-5-16(24)6-4-15/h2-12,20,28H,1H3/b21-19+. The molecule has 3 aromatic rings. The number of aliphatic hydroxyl groups excluding tert-OH is 1. The van der Waals surface area contributed by atoms with Gasteiger partial charge in [-0.2, -0.15) is 0 Å². The molecule has 0 saturated carbocycles. The van der Waals surface area contributed by atoms with Crippen molar-refractivity contribution in [2.24, 2.45) is 0 Å². The maximum absolute atomic E-state index is 13.1. The fourth-order valence-electron chi connectivity index (χ4n) is 3.45. The zero-order valence-electron chi connectivity index (χ0n) is 15.8. The smallest absolute Gasteiger partial charge is 0.300 e. The highest BCUT2D eigenvalue weighted by Gasteiger charge is 2.47. The van der Waals surface area contributed by atoms with E-state index in [-0.39, 0.29) is 11.3 Å². The molecule has 1 fully saturated rings. The Morgan fingerprint density at radius 2 is 1.73 bits per heavy atom. The largest absolute Gasteiger partial charge is 0.507 e. The second-order valence-electron chi connectivity index (χ2n) is 6.89. The summed E-state index contributed by atoms with van der Waals surface area (Å²) in [5.74, 6) is -1.72. The Morgan fingerprint density at radius 1 is 1.07 bits per heavy atom. The number of pyridine rings is 1. The van der Waals surface area contributed by atoms with Gasteiger partial charge in [0, 0.05) is 33.1 Å². The molecule has 1 N–H and O–H groups in total. The fourth-order valence-corrected chi connectivity index (χ4v) is 3.89. The number of nitrogens with zero attached hydrogens (tertiary/aromatic N) is 2. The lowest BCUT2D eigenvalue weighted by Crippen LogP contribution is -2.29. The van der Waals surface area contributed by atoms with Gasteiger partial charge >= 0.3 is 0 Å². The Bertz CT molecular complexity index is 1180. The van der Waals surface area contributed by atoms with Crippen molar-refractivity contribution >= 4 is 50.7 Å². The van der Waals surface area contributed by atoms with Crippen molar-refractivity contribution in [1.29, 1.82) is 0 Å². The van der Waals surface area contributed by atoms with Crippen LogP contribution in [0.3, 0.4) is 0 Å². The van der Waals surface area contributed by atoms with Gasteiger partial charge in [-0.3, -0.25) is 19.5 Å². The minimum absolute atomic E-state index is 0.0187. The number of hydrogen-bond acceptors (Lipinski definition) is 4. The van der Waals surface area contributed by atoms with Crippen molar-refractivity contribution in [3.05, 3.63) is 98.7 Å². The first-order valence-corrected chi connectivity index (χ1v) is 10.3. The molecule has 30 heavy (non-hydrogen) atoms. The van der Waals surface area contributed by atoms with Gasteiger partial charge in [0.2, 0.25) is 0 Å². The first kappa shape index (κ1) is 20.3. The molecule has 2 aromatic carbocycles. The van der Waals surface area contributed by atoms with E-state index in [0.717, 1.165) is 10.0 Å². The number of amides is 1. The first-order valence-electron chi connectivity index (χ1n) is 9.11. The summed E-state index contributed by atoms with van der Waals surface area (Å²) in [4.78, 5) is 31.5. The third-order valence-electron chi connectivity index (χ3n) is 5.02. The normalized spacial score (nSPS) is 18.1. The highest BCUT2D eigenvalue weighted by atomic mass is 79.9. The quantitative estimate of drug-likeness (QED) is 0.306. The van der Waals surface area contributed by atoms with E-state index in [2.05, 4.69) is 20.9 Å². The van der Waals surface area contributed by atoms with Crippen molar-refractivity contribution in [1.82, 2.24) is 4.98 Å². The molecule has 4 rings (SSSR count). The molecule has 0 aliphatic carbocycles. The number of rotatable bonds is 3. The van der Waals surface area contributed by atoms with Crippen LogP contribution in [0.2, 0.25) is 5.02 Å². The second kappa shape index (κ2) is 8.05. The molecule has 0 spiro atoms. The number of ketones is 1. The molecule has 1 aromatic heterocycles. The van der Waals surface area contributed by atoms with Crippen LogP contribution in [0.5, 0.6) is 0 Å². The maximum atomic E-state index is 13.1.